The molecule has 0 radical (unpaired) electrons. The van der Waals surface area contributed by atoms with E-state index in [0.29, 0.717) is 0 Å². The number of rotatable bonds is 3. The first-order valence-corrected chi connectivity index (χ1v) is 11.5. The molecule has 0 N–H and O–H groups in total. The number of hydrogen-bond acceptors (Lipinski definition) is 1. The molecule has 2 rings (SSSR count). The molecule has 0 amide bonds. The van der Waals surface area contributed by atoms with Crippen LogP contribution >= 0.6 is 11.1 Å². The lowest BCUT2D eigenvalue weighted by atomic mass is 10.3. The number of hydrogen-bond donors (Lipinski definition) is 0. The molecule has 15 heavy (non-hydrogen) atoms. The first kappa shape index (κ1) is 12.1. The van der Waals surface area contributed by atoms with Gasteiger partial charge in [-0.1, -0.05) is 39.0 Å². The van der Waals surface area contributed by atoms with Crippen molar-refractivity contribution in [2.75, 3.05) is 6.54 Å². The normalized spacial score (nSPS) is 35.6. The van der Waals surface area contributed by atoms with E-state index in [0.717, 1.165) is 5.54 Å². The van der Waals surface area contributed by atoms with Gasteiger partial charge in [0.15, 0.2) is 0 Å². The third kappa shape index (κ3) is 2.87. The van der Waals surface area contributed by atoms with Crippen molar-refractivity contribution in [3.8, 4) is 0 Å². The Morgan fingerprint density at radius 1 is 1.27 bits per heavy atom. The van der Waals surface area contributed by atoms with Gasteiger partial charge in [-0.2, -0.15) is 0 Å². The van der Waals surface area contributed by atoms with Gasteiger partial charge in [-0.15, -0.1) is 11.1 Å². The Kier molecular flexibility index (Phi) is 4.33. The lowest BCUT2D eigenvalue weighted by Gasteiger charge is -2.41. The van der Waals surface area contributed by atoms with Crippen LogP contribution in [0.25, 0.3) is 0 Å². The highest BCUT2D eigenvalue weighted by Crippen LogP contribution is 2.36. The summed E-state index contributed by atoms with van der Waals surface area (Å²) in [6.07, 6.45) is 8.85. The fourth-order valence-electron chi connectivity index (χ4n) is 3.22. The highest BCUT2D eigenvalue weighted by atomic mass is 35.6. The summed E-state index contributed by atoms with van der Waals surface area (Å²) in [5.41, 5.74) is 1.11. The van der Waals surface area contributed by atoms with Crippen molar-refractivity contribution >= 4 is 28.3 Å². The van der Waals surface area contributed by atoms with Crippen molar-refractivity contribution in [1.82, 2.24) is 4.23 Å². The maximum Gasteiger partial charge on any atom is 0.222 e. The predicted molar refractivity (Wildman–Crippen MR) is 73.6 cm³/mol. The first-order chi connectivity index (χ1) is 7.24. The standard InChI is InChI=1S/C11H24ClNSi2/c1-2-15(12)10-6-5-9-13(15)14-11-7-3-4-8-11/h11H,2-10,14H2,1H3. The third-order valence-electron chi connectivity index (χ3n) is 4.30. The van der Waals surface area contributed by atoms with Gasteiger partial charge < -0.3 is 4.23 Å². The summed E-state index contributed by atoms with van der Waals surface area (Å²) in [6, 6.07) is 2.64. The molecule has 1 saturated heterocycles. The van der Waals surface area contributed by atoms with Crippen LogP contribution in [0.5, 0.6) is 0 Å². The van der Waals surface area contributed by atoms with Gasteiger partial charge in [-0.3, -0.25) is 0 Å². The summed E-state index contributed by atoms with van der Waals surface area (Å²) in [4.78, 5) is 0. The van der Waals surface area contributed by atoms with Crippen LogP contribution < -0.4 is 0 Å². The molecule has 1 aliphatic heterocycles. The van der Waals surface area contributed by atoms with Crippen LogP contribution in [-0.2, 0) is 0 Å². The molecule has 0 bridgehead atoms. The van der Waals surface area contributed by atoms with Gasteiger partial charge in [-0.05, 0) is 30.6 Å². The Balaban J connectivity index is 1.92. The Labute approximate surface area is 102 Å². The van der Waals surface area contributed by atoms with Crippen LogP contribution in [-0.4, -0.2) is 28.0 Å². The summed E-state index contributed by atoms with van der Waals surface area (Å²) in [7, 11) is -1.45. The predicted octanol–water partition coefficient (Wildman–Crippen LogP) is 3.23. The summed E-state index contributed by atoms with van der Waals surface area (Å²) in [5, 5.41) is 0. The fourth-order valence-corrected chi connectivity index (χ4v) is 12.2. The van der Waals surface area contributed by atoms with Gasteiger partial charge in [0, 0.05) is 0 Å². The van der Waals surface area contributed by atoms with E-state index >= 15 is 0 Å². The largest absolute Gasteiger partial charge is 0.338 e. The number of halogens is 1. The average Bonchev–Trinajstić information content (AvgIpc) is 2.74. The maximum absolute atomic E-state index is 6.90. The van der Waals surface area contributed by atoms with Crippen molar-refractivity contribution in [3.63, 3.8) is 0 Å². The van der Waals surface area contributed by atoms with E-state index in [-0.39, 0.29) is 9.68 Å². The van der Waals surface area contributed by atoms with Crippen LogP contribution in [0.15, 0.2) is 0 Å². The molecular weight excluding hydrogens is 238 g/mol. The number of nitrogens with zero attached hydrogens (tertiary/aromatic N) is 1. The molecule has 0 aromatic rings. The van der Waals surface area contributed by atoms with E-state index < -0.39 is 7.55 Å². The molecule has 1 saturated carbocycles. The van der Waals surface area contributed by atoms with Crippen molar-refractivity contribution in [2.24, 2.45) is 0 Å². The van der Waals surface area contributed by atoms with Gasteiger partial charge in [0.1, 0.15) is 0 Å². The van der Waals surface area contributed by atoms with E-state index in [1.54, 1.807) is 0 Å². The van der Waals surface area contributed by atoms with Gasteiger partial charge in [0.25, 0.3) is 0 Å². The molecular formula is C11H24ClNSi2. The first-order valence-electron chi connectivity index (χ1n) is 6.68. The Morgan fingerprint density at radius 2 is 2.00 bits per heavy atom. The zero-order valence-electron chi connectivity index (χ0n) is 9.97. The second-order valence-corrected chi connectivity index (χ2v) is 14.0. The molecule has 4 heteroatoms. The summed E-state index contributed by atoms with van der Waals surface area (Å²) < 4.78 is 2.86. The SMILES string of the molecule is CC[Si]1(Cl)CCCCN1[SiH2]C1CCCC1. The zero-order valence-corrected chi connectivity index (χ0v) is 13.1. The molecule has 88 valence electrons. The van der Waals surface area contributed by atoms with Crippen LogP contribution in [0.1, 0.15) is 45.4 Å². The highest BCUT2D eigenvalue weighted by Gasteiger charge is 2.39. The van der Waals surface area contributed by atoms with Crippen molar-refractivity contribution < 1.29 is 0 Å². The Hall–Kier alpha value is 0.684. The zero-order chi connectivity index (χ0) is 10.7. The minimum atomic E-state index is -1.44. The van der Waals surface area contributed by atoms with Gasteiger partial charge in [0.05, 0.1) is 9.68 Å². The maximum atomic E-state index is 6.90. The molecule has 2 fully saturated rings. The highest BCUT2D eigenvalue weighted by molar-refractivity contribution is 7.20. The fraction of sp³-hybridized carbons (Fsp3) is 1.00. The molecule has 2 aliphatic rings. The van der Waals surface area contributed by atoms with E-state index in [1.165, 1.54) is 57.2 Å². The summed E-state index contributed by atoms with van der Waals surface area (Å²) in [5.74, 6) is 0. The van der Waals surface area contributed by atoms with Gasteiger partial charge in [0.2, 0.25) is 7.55 Å². The molecule has 0 aromatic heterocycles. The second kappa shape index (κ2) is 5.34. The molecule has 1 nitrogen and oxygen atoms in total. The van der Waals surface area contributed by atoms with Crippen LogP contribution in [0, 0.1) is 0 Å². The molecule has 1 aliphatic carbocycles. The average molecular weight is 262 g/mol. The Bertz CT molecular complexity index is 209. The molecule has 1 heterocycles. The van der Waals surface area contributed by atoms with Crippen LogP contribution in [0.3, 0.4) is 0 Å². The minimum Gasteiger partial charge on any atom is -0.338 e. The van der Waals surface area contributed by atoms with E-state index in [1.807, 2.05) is 0 Å². The van der Waals surface area contributed by atoms with Crippen molar-refractivity contribution in [3.05, 3.63) is 0 Å². The smallest absolute Gasteiger partial charge is 0.222 e. The lowest BCUT2D eigenvalue weighted by Crippen LogP contribution is -2.54. The monoisotopic (exact) mass is 261 g/mol. The van der Waals surface area contributed by atoms with Crippen LogP contribution in [0.4, 0.5) is 0 Å². The Morgan fingerprint density at radius 3 is 2.67 bits per heavy atom. The van der Waals surface area contributed by atoms with E-state index in [9.17, 15) is 0 Å². The molecule has 1 unspecified atom stereocenters. The van der Waals surface area contributed by atoms with Crippen molar-refractivity contribution in [1.29, 1.82) is 0 Å². The second-order valence-electron chi connectivity index (χ2n) is 5.33. The van der Waals surface area contributed by atoms with Gasteiger partial charge >= 0.3 is 0 Å². The summed E-state index contributed by atoms with van der Waals surface area (Å²) >= 11 is 6.90. The molecule has 0 spiro atoms. The third-order valence-corrected chi connectivity index (χ3v) is 15.0. The van der Waals surface area contributed by atoms with E-state index in [2.05, 4.69) is 11.2 Å². The molecule has 1 atom stereocenters. The minimum absolute atomic E-state index is 0.0100. The topological polar surface area (TPSA) is 3.24 Å². The van der Waals surface area contributed by atoms with Crippen molar-refractivity contribution in [2.45, 2.75) is 63.1 Å². The van der Waals surface area contributed by atoms with Gasteiger partial charge in [-0.25, -0.2) is 0 Å². The van der Waals surface area contributed by atoms with Crippen LogP contribution in [0.2, 0.25) is 17.6 Å². The summed E-state index contributed by atoms with van der Waals surface area (Å²) in [6.45, 7) is 3.67. The lowest BCUT2D eigenvalue weighted by molar-refractivity contribution is 0.539. The molecule has 0 aromatic carbocycles. The quantitative estimate of drug-likeness (QED) is 0.557. The van der Waals surface area contributed by atoms with E-state index in [4.69, 9.17) is 11.1 Å².